The molecule has 0 fully saturated rings. The van der Waals surface area contributed by atoms with Crippen LogP contribution in [0.3, 0.4) is 0 Å². The molecule has 3 rings (SSSR count). The highest BCUT2D eigenvalue weighted by Crippen LogP contribution is 2.31. The van der Waals surface area contributed by atoms with Crippen LogP contribution in [0, 0.1) is 0 Å². The highest BCUT2D eigenvalue weighted by Gasteiger charge is 2.16. The van der Waals surface area contributed by atoms with Crippen molar-refractivity contribution in [2.45, 2.75) is 0 Å². The van der Waals surface area contributed by atoms with Gasteiger partial charge in [-0.05, 0) is 46.3 Å². The largest absolute Gasteiger partial charge is 0.319 e. The second-order valence-electron chi connectivity index (χ2n) is 4.13. The van der Waals surface area contributed by atoms with Crippen molar-refractivity contribution in [2.24, 2.45) is 0 Å². The lowest BCUT2D eigenvalue weighted by Gasteiger charge is -2.09. The Bertz CT molecular complexity index is 853. The SMILES string of the molecule is O=C(Nc1c(Cl)ccc2nsnc12)c1ccc(Cl)cc1Br. The van der Waals surface area contributed by atoms with Crippen LogP contribution in [-0.2, 0) is 0 Å². The molecule has 2 aromatic carbocycles. The Morgan fingerprint density at radius 3 is 2.76 bits per heavy atom. The van der Waals surface area contributed by atoms with E-state index in [4.69, 9.17) is 23.2 Å². The van der Waals surface area contributed by atoms with Crippen LogP contribution in [0.15, 0.2) is 34.8 Å². The van der Waals surface area contributed by atoms with Crippen LogP contribution in [0.1, 0.15) is 10.4 Å². The van der Waals surface area contributed by atoms with E-state index < -0.39 is 0 Å². The fraction of sp³-hybridized carbons (Fsp3) is 0. The molecule has 1 amide bonds. The van der Waals surface area contributed by atoms with E-state index in [2.05, 4.69) is 30.0 Å². The van der Waals surface area contributed by atoms with E-state index in [1.54, 1.807) is 30.3 Å². The topological polar surface area (TPSA) is 54.9 Å². The Morgan fingerprint density at radius 1 is 1.19 bits per heavy atom. The zero-order chi connectivity index (χ0) is 15.0. The van der Waals surface area contributed by atoms with Gasteiger partial charge in [0.25, 0.3) is 5.91 Å². The molecule has 1 aromatic heterocycles. The van der Waals surface area contributed by atoms with E-state index in [9.17, 15) is 4.79 Å². The lowest BCUT2D eigenvalue weighted by Crippen LogP contribution is -2.13. The van der Waals surface area contributed by atoms with Crippen molar-refractivity contribution in [1.29, 1.82) is 0 Å². The maximum Gasteiger partial charge on any atom is 0.256 e. The molecule has 0 saturated heterocycles. The molecular weight excluding hydrogens is 397 g/mol. The third kappa shape index (κ3) is 2.89. The standard InChI is InChI=1S/C13H6BrCl2N3OS/c14-8-5-6(15)1-2-7(8)13(20)17-11-9(16)3-4-10-12(11)19-21-18-10/h1-5H,(H,17,20). The predicted octanol–water partition coefficient (Wildman–Crippen LogP) is 5.01. The molecular formula is C13H6BrCl2N3OS. The lowest BCUT2D eigenvalue weighted by molar-refractivity contribution is 0.102. The molecule has 0 unspecified atom stereocenters. The first-order chi connectivity index (χ1) is 10.1. The van der Waals surface area contributed by atoms with Gasteiger partial charge in [0.2, 0.25) is 0 Å². The smallest absolute Gasteiger partial charge is 0.256 e. The van der Waals surface area contributed by atoms with E-state index in [1.807, 2.05) is 0 Å². The van der Waals surface area contributed by atoms with Crippen molar-refractivity contribution in [2.75, 3.05) is 5.32 Å². The molecule has 0 bridgehead atoms. The molecule has 0 spiro atoms. The number of nitrogens with one attached hydrogen (secondary N) is 1. The van der Waals surface area contributed by atoms with E-state index in [-0.39, 0.29) is 5.91 Å². The summed E-state index contributed by atoms with van der Waals surface area (Å²) in [5.74, 6) is -0.305. The molecule has 21 heavy (non-hydrogen) atoms. The number of hydrogen-bond donors (Lipinski definition) is 1. The Morgan fingerprint density at radius 2 is 2.00 bits per heavy atom. The molecule has 3 aromatic rings. The van der Waals surface area contributed by atoms with Crippen molar-refractivity contribution < 1.29 is 4.79 Å². The number of nitrogens with zero attached hydrogens (tertiary/aromatic N) is 2. The summed E-state index contributed by atoms with van der Waals surface area (Å²) in [5, 5.41) is 3.73. The van der Waals surface area contributed by atoms with Gasteiger partial charge in [0.1, 0.15) is 11.0 Å². The van der Waals surface area contributed by atoms with Gasteiger partial charge in [0.05, 0.1) is 28.0 Å². The molecule has 8 heteroatoms. The molecule has 1 heterocycles. The van der Waals surface area contributed by atoms with Crippen molar-refractivity contribution in [3.8, 4) is 0 Å². The first kappa shape index (κ1) is 14.7. The minimum absolute atomic E-state index is 0.305. The summed E-state index contributed by atoms with van der Waals surface area (Å²) in [6, 6.07) is 8.37. The number of anilines is 1. The molecule has 4 nitrogen and oxygen atoms in total. The van der Waals surface area contributed by atoms with Crippen molar-refractivity contribution in [1.82, 2.24) is 8.75 Å². The normalized spacial score (nSPS) is 10.8. The maximum atomic E-state index is 12.4. The molecule has 0 atom stereocenters. The van der Waals surface area contributed by atoms with Gasteiger partial charge in [-0.2, -0.15) is 8.75 Å². The minimum Gasteiger partial charge on any atom is -0.319 e. The van der Waals surface area contributed by atoms with E-state index >= 15 is 0 Å². The van der Waals surface area contributed by atoms with E-state index in [1.165, 1.54) is 0 Å². The molecule has 0 aliphatic rings. The zero-order valence-corrected chi connectivity index (χ0v) is 14.1. The van der Waals surface area contributed by atoms with Gasteiger partial charge >= 0.3 is 0 Å². The monoisotopic (exact) mass is 401 g/mol. The van der Waals surface area contributed by atoms with Crippen LogP contribution >= 0.6 is 50.9 Å². The number of fused-ring (bicyclic) bond motifs is 1. The summed E-state index contributed by atoms with van der Waals surface area (Å²) in [6.45, 7) is 0. The molecule has 0 aliphatic heterocycles. The third-order valence-electron chi connectivity index (χ3n) is 2.79. The van der Waals surface area contributed by atoms with Crippen LogP contribution in [0.25, 0.3) is 11.0 Å². The van der Waals surface area contributed by atoms with Crippen molar-refractivity contribution in [3.05, 3.63) is 50.4 Å². The maximum absolute atomic E-state index is 12.4. The molecule has 0 aliphatic carbocycles. The average molecular weight is 403 g/mol. The molecule has 0 saturated carbocycles. The summed E-state index contributed by atoms with van der Waals surface area (Å²) >= 11 is 16.4. The van der Waals surface area contributed by atoms with Gasteiger partial charge in [-0.1, -0.05) is 23.2 Å². The minimum atomic E-state index is -0.305. The summed E-state index contributed by atoms with van der Waals surface area (Å²) in [6.07, 6.45) is 0. The van der Waals surface area contributed by atoms with Gasteiger partial charge in [-0.3, -0.25) is 4.79 Å². The fourth-order valence-corrected chi connectivity index (χ4v) is 3.41. The Labute approximate surface area is 142 Å². The first-order valence-corrected chi connectivity index (χ1v) is 8.01. The lowest BCUT2D eigenvalue weighted by atomic mass is 10.2. The summed E-state index contributed by atoms with van der Waals surface area (Å²) in [4.78, 5) is 12.4. The van der Waals surface area contributed by atoms with Crippen molar-refractivity contribution >= 4 is 73.5 Å². The molecule has 106 valence electrons. The molecule has 1 N–H and O–H groups in total. The number of carbonyl (C=O) groups excluding carboxylic acids is 1. The Balaban J connectivity index is 2.00. The Hall–Kier alpha value is -1.21. The van der Waals surface area contributed by atoms with Crippen LogP contribution in [0.5, 0.6) is 0 Å². The fourth-order valence-electron chi connectivity index (χ4n) is 1.80. The number of aromatic nitrogens is 2. The first-order valence-electron chi connectivity index (χ1n) is 5.73. The average Bonchev–Trinajstić information content (AvgIpc) is 2.90. The van der Waals surface area contributed by atoms with E-state index in [0.717, 1.165) is 11.7 Å². The second-order valence-corrected chi connectivity index (χ2v) is 6.36. The van der Waals surface area contributed by atoms with Gasteiger partial charge in [-0.25, -0.2) is 0 Å². The summed E-state index contributed by atoms with van der Waals surface area (Å²) in [7, 11) is 0. The van der Waals surface area contributed by atoms with Gasteiger partial charge in [0.15, 0.2) is 0 Å². The number of carbonyl (C=O) groups is 1. The van der Waals surface area contributed by atoms with E-state index in [0.29, 0.717) is 36.8 Å². The van der Waals surface area contributed by atoms with Gasteiger partial charge in [-0.15, -0.1) is 0 Å². The zero-order valence-electron chi connectivity index (χ0n) is 10.2. The second kappa shape index (κ2) is 5.88. The quantitative estimate of drug-likeness (QED) is 0.655. The van der Waals surface area contributed by atoms with Gasteiger partial charge in [0, 0.05) is 9.50 Å². The highest BCUT2D eigenvalue weighted by molar-refractivity contribution is 9.10. The molecule has 0 radical (unpaired) electrons. The number of rotatable bonds is 2. The van der Waals surface area contributed by atoms with Crippen LogP contribution in [0.2, 0.25) is 10.0 Å². The van der Waals surface area contributed by atoms with Crippen LogP contribution in [0.4, 0.5) is 5.69 Å². The van der Waals surface area contributed by atoms with Crippen LogP contribution < -0.4 is 5.32 Å². The Kier molecular flexibility index (Phi) is 4.12. The number of hydrogen-bond acceptors (Lipinski definition) is 4. The predicted molar refractivity (Wildman–Crippen MR) is 89.5 cm³/mol. The highest BCUT2D eigenvalue weighted by atomic mass is 79.9. The van der Waals surface area contributed by atoms with Crippen molar-refractivity contribution in [3.63, 3.8) is 0 Å². The summed E-state index contributed by atoms with van der Waals surface area (Å²) < 4.78 is 8.89. The number of halogens is 3. The van der Waals surface area contributed by atoms with Crippen LogP contribution in [-0.4, -0.2) is 14.7 Å². The number of benzene rings is 2. The summed E-state index contributed by atoms with van der Waals surface area (Å²) in [5.41, 5.74) is 2.17. The third-order valence-corrected chi connectivity index (χ3v) is 4.54. The number of amides is 1. The van der Waals surface area contributed by atoms with Gasteiger partial charge < -0.3 is 5.32 Å².